The van der Waals surface area contributed by atoms with Crippen LogP contribution in [-0.2, 0) is 16.0 Å². The van der Waals surface area contributed by atoms with E-state index in [0.717, 1.165) is 0 Å². The Labute approximate surface area is 117 Å². The average Bonchev–Trinajstić information content (AvgIpc) is 2.28. The lowest BCUT2D eigenvalue weighted by molar-refractivity contribution is -0.146. The van der Waals surface area contributed by atoms with Gasteiger partial charge in [-0.3, -0.25) is 5.32 Å². The van der Waals surface area contributed by atoms with Crippen LogP contribution in [0.25, 0.3) is 0 Å². The SMILES string of the molecule is CC(C)(C)OC(=O)Nc1ccccc1C[C@@H](O)C(=O)O. The van der Waals surface area contributed by atoms with E-state index in [4.69, 9.17) is 9.84 Å². The third kappa shape index (κ3) is 5.27. The summed E-state index contributed by atoms with van der Waals surface area (Å²) in [6, 6.07) is 6.65. The van der Waals surface area contributed by atoms with Crippen molar-refractivity contribution in [1.82, 2.24) is 0 Å². The molecule has 0 aliphatic heterocycles. The Bertz CT molecular complexity index is 493. The summed E-state index contributed by atoms with van der Waals surface area (Å²) < 4.78 is 5.12. The lowest BCUT2D eigenvalue weighted by Gasteiger charge is -2.20. The zero-order valence-corrected chi connectivity index (χ0v) is 11.7. The number of anilines is 1. The number of aliphatic hydroxyl groups is 1. The number of aliphatic hydroxyl groups excluding tert-OH is 1. The van der Waals surface area contributed by atoms with E-state index in [-0.39, 0.29) is 6.42 Å². The van der Waals surface area contributed by atoms with Gasteiger partial charge in [-0.05, 0) is 32.4 Å². The molecule has 0 aliphatic rings. The number of hydrogen-bond acceptors (Lipinski definition) is 4. The summed E-state index contributed by atoms with van der Waals surface area (Å²) in [6.45, 7) is 5.23. The first-order valence-corrected chi connectivity index (χ1v) is 6.18. The van der Waals surface area contributed by atoms with Crippen LogP contribution in [0.5, 0.6) is 0 Å². The van der Waals surface area contributed by atoms with E-state index in [1.165, 1.54) is 0 Å². The molecule has 0 heterocycles. The minimum atomic E-state index is -1.52. The van der Waals surface area contributed by atoms with Crippen LogP contribution < -0.4 is 5.32 Å². The van der Waals surface area contributed by atoms with E-state index in [9.17, 15) is 14.7 Å². The molecule has 1 aromatic carbocycles. The summed E-state index contributed by atoms with van der Waals surface area (Å²) in [4.78, 5) is 22.4. The molecular formula is C14H19NO5. The Balaban J connectivity index is 2.80. The van der Waals surface area contributed by atoms with Gasteiger partial charge in [-0.2, -0.15) is 0 Å². The van der Waals surface area contributed by atoms with Gasteiger partial charge in [0.25, 0.3) is 0 Å². The molecule has 0 radical (unpaired) electrons. The first kappa shape index (κ1) is 16.0. The second kappa shape index (κ2) is 6.38. The smallest absolute Gasteiger partial charge is 0.412 e. The number of carboxylic acid groups (broad SMARTS) is 1. The number of rotatable bonds is 4. The maximum absolute atomic E-state index is 11.7. The monoisotopic (exact) mass is 281 g/mol. The first-order valence-electron chi connectivity index (χ1n) is 6.18. The predicted octanol–water partition coefficient (Wildman–Crippen LogP) is 2.02. The van der Waals surface area contributed by atoms with Gasteiger partial charge >= 0.3 is 12.1 Å². The van der Waals surface area contributed by atoms with Crippen LogP contribution in [0.2, 0.25) is 0 Å². The summed E-state index contributed by atoms with van der Waals surface area (Å²) in [6.07, 6.45) is -2.24. The lowest BCUT2D eigenvalue weighted by atomic mass is 10.1. The van der Waals surface area contributed by atoms with Crippen LogP contribution in [-0.4, -0.2) is 34.0 Å². The molecule has 20 heavy (non-hydrogen) atoms. The van der Waals surface area contributed by atoms with Gasteiger partial charge in [-0.25, -0.2) is 9.59 Å². The number of ether oxygens (including phenoxy) is 1. The molecule has 6 nitrogen and oxygen atoms in total. The fourth-order valence-electron chi connectivity index (χ4n) is 1.53. The second-order valence-corrected chi connectivity index (χ2v) is 5.34. The van der Waals surface area contributed by atoms with E-state index in [1.54, 1.807) is 45.0 Å². The number of carbonyl (C=O) groups excluding carboxylic acids is 1. The molecule has 0 aliphatic carbocycles. The van der Waals surface area contributed by atoms with Crippen LogP contribution in [0.15, 0.2) is 24.3 Å². The van der Waals surface area contributed by atoms with Gasteiger partial charge in [-0.1, -0.05) is 18.2 Å². The van der Waals surface area contributed by atoms with Crippen molar-refractivity contribution < 1.29 is 24.5 Å². The van der Waals surface area contributed by atoms with Crippen molar-refractivity contribution in [2.24, 2.45) is 0 Å². The van der Waals surface area contributed by atoms with Gasteiger partial charge in [0.15, 0.2) is 6.10 Å². The van der Waals surface area contributed by atoms with E-state index < -0.39 is 23.8 Å². The molecule has 1 amide bonds. The number of hydrogen-bond donors (Lipinski definition) is 3. The van der Waals surface area contributed by atoms with Crippen LogP contribution in [0.3, 0.4) is 0 Å². The van der Waals surface area contributed by atoms with Crippen LogP contribution in [0.1, 0.15) is 26.3 Å². The second-order valence-electron chi connectivity index (χ2n) is 5.34. The third-order valence-electron chi connectivity index (χ3n) is 2.35. The van der Waals surface area contributed by atoms with E-state index in [1.807, 2.05) is 0 Å². The number of amides is 1. The minimum absolute atomic E-state index is 0.0959. The van der Waals surface area contributed by atoms with Gasteiger partial charge in [-0.15, -0.1) is 0 Å². The summed E-state index contributed by atoms with van der Waals surface area (Å²) in [5.74, 6) is -1.31. The highest BCUT2D eigenvalue weighted by molar-refractivity contribution is 5.86. The highest BCUT2D eigenvalue weighted by Gasteiger charge is 2.19. The Hall–Kier alpha value is -2.08. The number of para-hydroxylation sites is 1. The highest BCUT2D eigenvalue weighted by atomic mass is 16.6. The average molecular weight is 281 g/mol. The van der Waals surface area contributed by atoms with Gasteiger partial charge in [0, 0.05) is 12.1 Å². The Morgan fingerprint density at radius 3 is 2.45 bits per heavy atom. The van der Waals surface area contributed by atoms with Crippen molar-refractivity contribution in [3.63, 3.8) is 0 Å². The summed E-state index contributed by atoms with van der Waals surface area (Å²) in [5, 5.41) is 20.6. The Morgan fingerprint density at radius 1 is 1.30 bits per heavy atom. The summed E-state index contributed by atoms with van der Waals surface area (Å²) in [7, 11) is 0. The molecule has 1 aromatic rings. The third-order valence-corrected chi connectivity index (χ3v) is 2.35. The van der Waals surface area contributed by atoms with E-state index in [0.29, 0.717) is 11.3 Å². The standard InChI is InChI=1S/C14H19NO5/c1-14(2,3)20-13(19)15-10-7-5-4-6-9(10)8-11(16)12(17)18/h4-7,11,16H,8H2,1-3H3,(H,15,19)(H,17,18)/t11-/m1/s1. The van der Waals surface area contributed by atoms with Crippen molar-refractivity contribution in [3.8, 4) is 0 Å². The lowest BCUT2D eigenvalue weighted by Crippen LogP contribution is -2.28. The maximum Gasteiger partial charge on any atom is 0.412 e. The minimum Gasteiger partial charge on any atom is -0.479 e. The molecule has 3 N–H and O–H groups in total. The highest BCUT2D eigenvalue weighted by Crippen LogP contribution is 2.18. The zero-order chi connectivity index (χ0) is 15.3. The van der Waals surface area contributed by atoms with Crippen LogP contribution >= 0.6 is 0 Å². The molecule has 1 rings (SSSR count). The molecule has 0 aromatic heterocycles. The molecular weight excluding hydrogens is 262 g/mol. The van der Waals surface area contributed by atoms with Crippen LogP contribution in [0.4, 0.5) is 10.5 Å². The quantitative estimate of drug-likeness (QED) is 0.784. The largest absolute Gasteiger partial charge is 0.479 e. The van der Waals surface area contributed by atoms with Crippen LogP contribution in [0, 0.1) is 0 Å². The molecule has 0 spiro atoms. The van der Waals surface area contributed by atoms with Gasteiger partial charge in [0.1, 0.15) is 5.60 Å². The molecule has 0 bridgehead atoms. The fraction of sp³-hybridized carbons (Fsp3) is 0.429. The molecule has 0 unspecified atom stereocenters. The van der Waals surface area contributed by atoms with Gasteiger partial charge < -0.3 is 14.9 Å². The van der Waals surface area contributed by atoms with Crippen molar-refractivity contribution in [3.05, 3.63) is 29.8 Å². The predicted molar refractivity (Wildman–Crippen MR) is 73.6 cm³/mol. The number of nitrogens with one attached hydrogen (secondary N) is 1. The van der Waals surface area contributed by atoms with Crippen molar-refractivity contribution in [2.45, 2.75) is 38.9 Å². The molecule has 0 saturated heterocycles. The maximum atomic E-state index is 11.7. The molecule has 110 valence electrons. The Kier molecular flexibility index (Phi) is 5.10. The summed E-state index contributed by atoms with van der Waals surface area (Å²) >= 11 is 0. The van der Waals surface area contributed by atoms with E-state index in [2.05, 4.69) is 5.32 Å². The number of carboxylic acids is 1. The van der Waals surface area contributed by atoms with Crippen molar-refractivity contribution >= 4 is 17.7 Å². The molecule has 6 heteroatoms. The Morgan fingerprint density at radius 2 is 1.90 bits per heavy atom. The van der Waals surface area contributed by atoms with Crippen molar-refractivity contribution in [1.29, 1.82) is 0 Å². The van der Waals surface area contributed by atoms with E-state index >= 15 is 0 Å². The molecule has 1 atom stereocenters. The first-order chi connectivity index (χ1) is 9.19. The molecule has 0 fully saturated rings. The van der Waals surface area contributed by atoms with Gasteiger partial charge in [0.2, 0.25) is 0 Å². The normalized spacial score (nSPS) is 12.6. The fourth-order valence-corrected chi connectivity index (χ4v) is 1.53. The molecule has 0 saturated carbocycles. The topological polar surface area (TPSA) is 95.9 Å². The summed E-state index contributed by atoms with van der Waals surface area (Å²) in [5.41, 5.74) is 0.315. The number of benzene rings is 1. The van der Waals surface area contributed by atoms with Gasteiger partial charge in [0.05, 0.1) is 0 Å². The number of aliphatic carboxylic acids is 1. The number of carbonyl (C=O) groups is 2. The van der Waals surface area contributed by atoms with Crippen molar-refractivity contribution in [2.75, 3.05) is 5.32 Å². The zero-order valence-electron chi connectivity index (χ0n) is 11.7.